The second-order valence-electron chi connectivity index (χ2n) is 2.98. The van der Waals surface area contributed by atoms with Crippen LogP contribution in [0.3, 0.4) is 0 Å². The fourth-order valence-electron chi connectivity index (χ4n) is 1.16. The van der Waals surface area contributed by atoms with Gasteiger partial charge in [-0.3, -0.25) is 4.79 Å². The Hall–Kier alpha value is -0.230. The zero-order chi connectivity index (χ0) is 11.4. The predicted molar refractivity (Wildman–Crippen MR) is 79.1 cm³/mol. The monoisotopic (exact) mass is 284 g/mol. The first-order valence-electron chi connectivity index (χ1n) is 4.51. The van der Waals surface area contributed by atoms with E-state index < -0.39 is 0 Å². The molecule has 0 aliphatic carbocycles. The van der Waals surface area contributed by atoms with E-state index in [1.807, 2.05) is 41.1 Å². The quantitative estimate of drug-likeness (QED) is 0.773. The molecule has 82 valence electrons. The van der Waals surface area contributed by atoms with E-state index in [1.54, 1.807) is 28.9 Å². The Balaban J connectivity index is 2.10. The van der Waals surface area contributed by atoms with Crippen LogP contribution in [0.15, 0.2) is 41.1 Å². The Morgan fingerprint density at radius 3 is 2.44 bits per heavy atom. The van der Waals surface area contributed by atoms with Crippen LogP contribution in [0.2, 0.25) is 0 Å². The van der Waals surface area contributed by atoms with Crippen LogP contribution in [0.1, 0.15) is 10.4 Å². The van der Waals surface area contributed by atoms with Crippen LogP contribution in [0, 0.1) is 0 Å². The molecule has 0 radical (unpaired) electrons. The van der Waals surface area contributed by atoms with Crippen LogP contribution < -0.4 is 0 Å². The molecule has 1 aliphatic rings. The third kappa shape index (κ3) is 2.71. The van der Waals surface area contributed by atoms with Crippen LogP contribution >= 0.6 is 47.5 Å². The molecule has 0 unspecified atom stereocenters. The molecule has 1 heterocycles. The second kappa shape index (κ2) is 5.40. The highest BCUT2D eigenvalue weighted by atomic mass is 32.3. The van der Waals surface area contributed by atoms with E-state index in [0.29, 0.717) is 0 Å². The standard InChI is InChI=1S/C11H8OS4/c12-10(9-4-2-1-3-5-9)16-11(8-13)14-6-7-15-11/h1-8H. The fourth-order valence-corrected chi connectivity index (χ4v) is 4.86. The summed E-state index contributed by atoms with van der Waals surface area (Å²) in [5.41, 5.74) is 0.719. The van der Waals surface area contributed by atoms with Crippen LogP contribution in [-0.2, 0) is 0 Å². The number of carbonyl (C=O) groups is 1. The Bertz CT molecular complexity index is 419. The Morgan fingerprint density at radius 2 is 1.88 bits per heavy atom. The van der Waals surface area contributed by atoms with Crippen molar-refractivity contribution in [1.29, 1.82) is 0 Å². The largest absolute Gasteiger partial charge is 0.281 e. The second-order valence-corrected chi connectivity index (χ2v) is 7.52. The van der Waals surface area contributed by atoms with Gasteiger partial charge in [0.1, 0.15) is 0 Å². The maximum absolute atomic E-state index is 12.0. The molecule has 2 rings (SSSR count). The topological polar surface area (TPSA) is 17.1 Å². The van der Waals surface area contributed by atoms with Crippen LogP contribution in [-0.4, -0.2) is 13.9 Å². The molecule has 1 aliphatic heterocycles. The smallest absolute Gasteiger partial charge is 0.221 e. The van der Waals surface area contributed by atoms with Gasteiger partial charge in [0.15, 0.2) is 3.41 Å². The lowest BCUT2D eigenvalue weighted by molar-refractivity contribution is 0.108. The van der Waals surface area contributed by atoms with Crippen LogP contribution in [0.4, 0.5) is 0 Å². The van der Waals surface area contributed by atoms with Crippen molar-refractivity contribution in [3.05, 3.63) is 46.7 Å². The van der Waals surface area contributed by atoms with Gasteiger partial charge in [-0.1, -0.05) is 66.1 Å². The first-order chi connectivity index (χ1) is 7.76. The van der Waals surface area contributed by atoms with Gasteiger partial charge < -0.3 is 0 Å². The number of carbonyl (C=O) groups excluding carboxylic acids is 1. The Morgan fingerprint density at radius 1 is 1.25 bits per heavy atom. The molecule has 1 nitrogen and oxygen atoms in total. The minimum atomic E-state index is -0.359. The summed E-state index contributed by atoms with van der Waals surface area (Å²) >= 11 is 9.44. The molecule has 0 amide bonds. The van der Waals surface area contributed by atoms with Crippen molar-refractivity contribution >= 4 is 58.0 Å². The van der Waals surface area contributed by atoms with Crippen molar-refractivity contribution in [2.45, 2.75) is 3.41 Å². The van der Waals surface area contributed by atoms with E-state index in [-0.39, 0.29) is 8.53 Å². The van der Waals surface area contributed by atoms with Crippen molar-refractivity contribution in [2.75, 3.05) is 0 Å². The molecule has 0 spiro atoms. The maximum atomic E-state index is 12.0. The zero-order valence-electron chi connectivity index (χ0n) is 8.16. The fraction of sp³-hybridized carbons (Fsp3) is 0.0909. The highest BCUT2D eigenvalue weighted by molar-refractivity contribution is 8.43. The van der Waals surface area contributed by atoms with E-state index in [2.05, 4.69) is 0 Å². The summed E-state index contributed by atoms with van der Waals surface area (Å²) in [5.74, 6) is 0. The normalized spacial score (nSPS) is 17.2. The third-order valence-electron chi connectivity index (χ3n) is 1.91. The molecule has 1 aromatic rings. The number of hydrogen-bond donors (Lipinski definition) is 0. The summed E-state index contributed by atoms with van der Waals surface area (Å²) in [5, 5.41) is 5.66. The molecular formula is C11H8OS4. The van der Waals surface area contributed by atoms with Gasteiger partial charge in [0.05, 0.1) is 0 Å². The third-order valence-corrected chi connectivity index (χ3v) is 6.80. The van der Waals surface area contributed by atoms with Gasteiger partial charge in [-0.05, 0) is 22.6 Å². The summed E-state index contributed by atoms with van der Waals surface area (Å²) in [6.07, 6.45) is 0. The van der Waals surface area contributed by atoms with Crippen molar-refractivity contribution in [2.24, 2.45) is 0 Å². The lowest BCUT2D eigenvalue weighted by atomic mass is 10.2. The summed E-state index contributed by atoms with van der Waals surface area (Å²) in [7, 11) is 0. The highest BCUT2D eigenvalue weighted by Crippen LogP contribution is 2.52. The van der Waals surface area contributed by atoms with Crippen LogP contribution in [0.5, 0.6) is 0 Å². The van der Waals surface area contributed by atoms with Gasteiger partial charge in [-0.2, -0.15) is 0 Å². The molecule has 5 heteroatoms. The minimum Gasteiger partial charge on any atom is -0.281 e. The molecule has 0 saturated heterocycles. The van der Waals surface area contributed by atoms with Gasteiger partial charge in [-0.25, -0.2) is 0 Å². The van der Waals surface area contributed by atoms with E-state index in [4.69, 9.17) is 12.2 Å². The molecule has 0 aromatic heterocycles. The molecule has 1 aromatic carbocycles. The van der Waals surface area contributed by atoms with E-state index in [9.17, 15) is 4.79 Å². The molecule has 0 bridgehead atoms. The number of thioether (sulfide) groups is 3. The average molecular weight is 284 g/mol. The first-order valence-corrected chi connectivity index (χ1v) is 7.56. The molecule has 0 fully saturated rings. The Labute approximate surface area is 112 Å². The van der Waals surface area contributed by atoms with E-state index in [1.165, 1.54) is 11.8 Å². The predicted octanol–water partition coefficient (Wildman–Crippen LogP) is 4.16. The minimum absolute atomic E-state index is 0.0606. The molecule has 0 N–H and O–H groups in total. The van der Waals surface area contributed by atoms with Gasteiger partial charge in [0.25, 0.3) is 0 Å². The molecule has 0 atom stereocenters. The average Bonchev–Trinajstić information content (AvgIpc) is 2.79. The van der Waals surface area contributed by atoms with Gasteiger partial charge in [-0.15, -0.1) is 0 Å². The summed E-state index contributed by atoms with van der Waals surface area (Å²) in [6.45, 7) is 0. The number of benzene rings is 1. The summed E-state index contributed by atoms with van der Waals surface area (Å²) in [6, 6.07) is 9.28. The summed E-state index contributed by atoms with van der Waals surface area (Å²) in [4.78, 5) is 12.0. The number of rotatable bonds is 3. The number of thiocarbonyl (C=S) groups is 1. The first kappa shape index (κ1) is 12.2. The van der Waals surface area contributed by atoms with E-state index in [0.717, 1.165) is 5.56 Å². The van der Waals surface area contributed by atoms with E-state index >= 15 is 0 Å². The highest BCUT2D eigenvalue weighted by Gasteiger charge is 2.34. The van der Waals surface area contributed by atoms with Crippen molar-refractivity contribution in [3.63, 3.8) is 0 Å². The molecular weight excluding hydrogens is 276 g/mol. The SMILES string of the molecule is O=C(SC1(C=S)SC=CS1)c1ccccc1. The van der Waals surface area contributed by atoms with Crippen molar-refractivity contribution in [3.8, 4) is 0 Å². The lowest BCUT2D eigenvalue weighted by Crippen LogP contribution is -2.15. The molecule has 16 heavy (non-hydrogen) atoms. The molecule has 0 saturated carbocycles. The van der Waals surface area contributed by atoms with Gasteiger partial charge in [0, 0.05) is 10.9 Å². The maximum Gasteiger partial charge on any atom is 0.221 e. The zero-order valence-corrected chi connectivity index (χ0v) is 11.4. The lowest BCUT2D eigenvalue weighted by Gasteiger charge is -2.19. The van der Waals surface area contributed by atoms with Gasteiger partial charge in [0.2, 0.25) is 5.12 Å². The van der Waals surface area contributed by atoms with Gasteiger partial charge >= 0.3 is 0 Å². The van der Waals surface area contributed by atoms with Crippen molar-refractivity contribution in [1.82, 2.24) is 0 Å². The van der Waals surface area contributed by atoms with Crippen LogP contribution in [0.25, 0.3) is 0 Å². The number of hydrogen-bond acceptors (Lipinski definition) is 5. The van der Waals surface area contributed by atoms with Crippen molar-refractivity contribution < 1.29 is 4.79 Å². The summed E-state index contributed by atoms with van der Waals surface area (Å²) < 4.78 is -0.359. The Kier molecular flexibility index (Phi) is 4.13.